The summed E-state index contributed by atoms with van der Waals surface area (Å²) in [5, 5.41) is 9.34. The fraction of sp³-hybridized carbons (Fsp3) is 0.467. The summed E-state index contributed by atoms with van der Waals surface area (Å²) in [6.07, 6.45) is 1.25. The van der Waals surface area contributed by atoms with E-state index in [0.29, 0.717) is 35.3 Å². The number of halogens is 1. The van der Waals surface area contributed by atoms with Crippen molar-refractivity contribution in [1.29, 1.82) is 0 Å². The Hall–Kier alpha value is -1.55. The highest BCUT2D eigenvalue weighted by atomic mass is 35.5. The second-order valence-corrected chi connectivity index (χ2v) is 6.12. The number of carboxylic acids is 1. The summed E-state index contributed by atoms with van der Waals surface area (Å²) >= 11 is 6.17. The van der Waals surface area contributed by atoms with Gasteiger partial charge in [-0.3, -0.25) is 9.59 Å². The van der Waals surface area contributed by atoms with Gasteiger partial charge in [0.1, 0.15) is 5.75 Å². The number of rotatable bonds is 3. The number of ketones is 1. The van der Waals surface area contributed by atoms with Crippen LogP contribution in [0.3, 0.4) is 0 Å². The highest BCUT2D eigenvalue weighted by molar-refractivity contribution is 6.32. The van der Waals surface area contributed by atoms with E-state index in [1.165, 1.54) is 0 Å². The van der Waals surface area contributed by atoms with E-state index < -0.39 is 17.8 Å². The van der Waals surface area contributed by atoms with E-state index in [1.54, 1.807) is 12.1 Å². The fourth-order valence-electron chi connectivity index (χ4n) is 2.74. The minimum absolute atomic E-state index is 0.125. The molecule has 1 heterocycles. The SMILES string of the molecule is CC1COc2c(Cl)cc(C(=O)C3C[C@@H]3C(=O)O)cc2C1. The molecule has 1 N–H and O–H groups in total. The molecule has 3 rings (SSSR count). The maximum absolute atomic E-state index is 12.3. The second kappa shape index (κ2) is 4.77. The van der Waals surface area contributed by atoms with Gasteiger partial charge in [-0.1, -0.05) is 18.5 Å². The van der Waals surface area contributed by atoms with Crippen LogP contribution >= 0.6 is 11.6 Å². The number of carbonyl (C=O) groups is 2. The van der Waals surface area contributed by atoms with Crippen molar-refractivity contribution in [3.8, 4) is 5.75 Å². The molecule has 1 saturated carbocycles. The van der Waals surface area contributed by atoms with Crippen LogP contribution in [-0.4, -0.2) is 23.5 Å². The first-order valence-corrected chi connectivity index (χ1v) is 7.07. The number of carbonyl (C=O) groups excluding carboxylic acids is 1. The van der Waals surface area contributed by atoms with Crippen LogP contribution in [0.5, 0.6) is 5.75 Å². The standard InChI is InChI=1S/C15H15ClO4/c1-7-2-9-3-8(4-12(16)14(9)20-6-7)13(17)10-5-11(10)15(18)19/h3-4,7,10-11H,2,5-6H2,1H3,(H,18,19)/t7?,10?,11-/m0/s1. The number of Topliss-reactive ketones (excluding diaryl/α,β-unsaturated/α-hetero) is 1. The number of carboxylic acid groups (broad SMARTS) is 1. The topological polar surface area (TPSA) is 63.6 Å². The maximum Gasteiger partial charge on any atom is 0.307 e. The lowest BCUT2D eigenvalue weighted by Crippen LogP contribution is -2.19. The third-order valence-corrected chi connectivity index (χ3v) is 4.21. The van der Waals surface area contributed by atoms with Gasteiger partial charge in [0, 0.05) is 11.5 Å². The van der Waals surface area contributed by atoms with Gasteiger partial charge in [0.05, 0.1) is 17.5 Å². The molecule has 1 aliphatic carbocycles. The number of benzene rings is 1. The smallest absolute Gasteiger partial charge is 0.307 e. The Morgan fingerprint density at radius 2 is 2.10 bits per heavy atom. The molecule has 0 saturated heterocycles. The van der Waals surface area contributed by atoms with Crippen LogP contribution in [0.2, 0.25) is 5.02 Å². The zero-order valence-corrected chi connectivity index (χ0v) is 11.8. The maximum atomic E-state index is 12.3. The summed E-state index contributed by atoms with van der Waals surface area (Å²) in [5.74, 6) is -0.913. The molecule has 3 atom stereocenters. The molecule has 1 aromatic carbocycles. The fourth-order valence-corrected chi connectivity index (χ4v) is 3.03. The molecule has 106 valence electrons. The zero-order chi connectivity index (χ0) is 14.4. The molecule has 1 fully saturated rings. The largest absolute Gasteiger partial charge is 0.491 e. The van der Waals surface area contributed by atoms with Gasteiger partial charge in [0.2, 0.25) is 0 Å². The molecule has 0 radical (unpaired) electrons. The average molecular weight is 295 g/mol. The van der Waals surface area contributed by atoms with Crippen molar-refractivity contribution in [1.82, 2.24) is 0 Å². The van der Waals surface area contributed by atoms with Crippen LogP contribution in [0.4, 0.5) is 0 Å². The lowest BCUT2D eigenvalue weighted by molar-refractivity contribution is -0.138. The molecule has 2 aliphatic rings. The van der Waals surface area contributed by atoms with E-state index in [0.717, 1.165) is 12.0 Å². The van der Waals surface area contributed by atoms with Crippen LogP contribution in [0, 0.1) is 17.8 Å². The summed E-state index contributed by atoms with van der Waals surface area (Å²) in [6.45, 7) is 2.70. The minimum atomic E-state index is -0.899. The van der Waals surface area contributed by atoms with Gasteiger partial charge in [-0.05, 0) is 36.5 Å². The zero-order valence-electron chi connectivity index (χ0n) is 11.1. The number of hydrogen-bond donors (Lipinski definition) is 1. The van der Waals surface area contributed by atoms with Gasteiger partial charge in [0.25, 0.3) is 0 Å². The molecule has 1 aliphatic heterocycles. The Bertz CT molecular complexity index is 596. The van der Waals surface area contributed by atoms with E-state index >= 15 is 0 Å². The lowest BCUT2D eigenvalue weighted by Gasteiger charge is -2.24. The van der Waals surface area contributed by atoms with E-state index in [-0.39, 0.29) is 5.78 Å². The van der Waals surface area contributed by atoms with E-state index in [1.807, 2.05) is 0 Å². The number of hydrogen-bond acceptors (Lipinski definition) is 3. The van der Waals surface area contributed by atoms with Gasteiger partial charge in [-0.2, -0.15) is 0 Å². The monoisotopic (exact) mass is 294 g/mol. The minimum Gasteiger partial charge on any atom is -0.491 e. The van der Waals surface area contributed by atoms with Gasteiger partial charge in [0.15, 0.2) is 5.78 Å². The summed E-state index contributed by atoms with van der Waals surface area (Å²) in [4.78, 5) is 23.1. The molecule has 0 spiro atoms. The predicted octanol–water partition coefficient (Wildman–Crippen LogP) is 2.81. The highest BCUT2D eigenvalue weighted by Gasteiger charge is 2.48. The van der Waals surface area contributed by atoms with Crippen molar-refractivity contribution in [2.45, 2.75) is 19.8 Å². The second-order valence-electron chi connectivity index (χ2n) is 5.72. The molecule has 0 aromatic heterocycles. The van der Waals surface area contributed by atoms with Gasteiger partial charge < -0.3 is 9.84 Å². The van der Waals surface area contributed by atoms with Crippen molar-refractivity contribution in [2.75, 3.05) is 6.61 Å². The summed E-state index contributed by atoms with van der Waals surface area (Å²) < 4.78 is 5.60. The van der Waals surface area contributed by atoms with Crippen LogP contribution in [0.15, 0.2) is 12.1 Å². The quantitative estimate of drug-likeness (QED) is 0.871. The lowest BCUT2D eigenvalue weighted by atomic mass is 9.94. The van der Waals surface area contributed by atoms with Crippen molar-refractivity contribution in [2.24, 2.45) is 17.8 Å². The van der Waals surface area contributed by atoms with Crippen LogP contribution in [0.1, 0.15) is 29.3 Å². The van der Waals surface area contributed by atoms with Crippen molar-refractivity contribution >= 4 is 23.4 Å². The summed E-state index contributed by atoms with van der Waals surface area (Å²) in [5.41, 5.74) is 1.44. The predicted molar refractivity (Wildman–Crippen MR) is 73.4 cm³/mol. The molecule has 5 heteroatoms. The molecule has 2 unspecified atom stereocenters. The van der Waals surface area contributed by atoms with Gasteiger partial charge >= 0.3 is 5.97 Å². The summed E-state index contributed by atoms with van der Waals surface area (Å²) in [6, 6.07) is 3.40. The first-order chi connectivity index (χ1) is 9.47. The van der Waals surface area contributed by atoms with Gasteiger partial charge in [-0.15, -0.1) is 0 Å². The van der Waals surface area contributed by atoms with Crippen molar-refractivity contribution < 1.29 is 19.4 Å². The Balaban J connectivity index is 1.88. The van der Waals surface area contributed by atoms with Gasteiger partial charge in [-0.25, -0.2) is 0 Å². The van der Waals surface area contributed by atoms with E-state index in [2.05, 4.69) is 6.92 Å². The Morgan fingerprint density at radius 1 is 1.35 bits per heavy atom. The average Bonchev–Trinajstić information content (AvgIpc) is 3.17. The molecular formula is C15H15ClO4. The van der Waals surface area contributed by atoms with Crippen LogP contribution in [-0.2, 0) is 11.2 Å². The Morgan fingerprint density at radius 3 is 2.75 bits per heavy atom. The molecule has 0 amide bonds. The highest BCUT2D eigenvalue weighted by Crippen LogP contribution is 2.43. The number of aliphatic carboxylic acids is 1. The normalized spacial score (nSPS) is 27.4. The summed E-state index contributed by atoms with van der Waals surface area (Å²) in [7, 11) is 0. The Labute approximate surface area is 121 Å². The molecule has 0 bridgehead atoms. The molecule has 4 nitrogen and oxygen atoms in total. The Kier molecular flexibility index (Phi) is 3.21. The van der Waals surface area contributed by atoms with E-state index in [4.69, 9.17) is 21.4 Å². The molecular weight excluding hydrogens is 280 g/mol. The first kappa shape index (κ1) is 13.4. The molecule has 20 heavy (non-hydrogen) atoms. The molecule has 1 aromatic rings. The van der Waals surface area contributed by atoms with E-state index in [9.17, 15) is 9.59 Å². The third-order valence-electron chi connectivity index (χ3n) is 3.93. The number of ether oxygens (including phenoxy) is 1. The van der Waals surface area contributed by atoms with Crippen molar-refractivity contribution in [3.05, 3.63) is 28.3 Å². The first-order valence-electron chi connectivity index (χ1n) is 6.69. The van der Waals surface area contributed by atoms with Crippen molar-refractivity contribution in [3.63, 3.8) is 0 Å². The van der Waals surface area contributed by atoms with Crippen LogP contribution < -0.4 is 4.74 Å². The van der Waals surface area contributed by atoms with Crippen LogP contribution in [0.25, 0.3) is 0 Å². The third kappa shape index (κ3) is 2.29. The number of fused-ring (bicyclic) bond motifs is 1.